The number of aromatic carboxylic acids is 1. The minimum Gasteiger partial charge on any atom is -0.475 e. The summed E-state index contributed by atoms with van der Waals surface area (Å²) in [6.07, 6.45) is 3.13. The standard InChI is InChI=1S/C11H11NO5/c13-8(14)7-5-6-9(16-7)17-11(10(15)12-6)3-1-2-4-11/h5H,1-4H2,(H,12,15)(H,13,14). The summed E-state index contributed by atoms with van der Waals surface area (Å²) in [5.74, 6) is -1.52. The lowest BCUT2D eigenvalue weighted by molar-refractivity contribution is -0.133. The highest BCUT2D eigenvalue weighted by molar-refractivity contribution is 6.01. The van der Waals surface area contributed by atoms with Gasteiger partial charge in [-0.05, 0) is 25.7 Å². The van der Waals surface area contributed by atoms with E-state index in [1.54, 1.807) is 0 Å². The number of rotatable bonds is 1. The van der Waals surface area contributed by atoms with E-state index >= 15 is 0 Å². The zero-order valence-electron chi connectivity index (χ0n) is 8.99. The first kappa shape index (κ1) is 10.2. The molecule has 1 aromatic rings. The van der Waals surface area contributed by atoms with Crippen LogP contribution in [0, 0.1) is 0 Å². The molecule has 1 amide bonds. The third-order valence-electron chi connectivity index (χ3n) is 3.27. The van der Waals surface area contributed by atoms with E-state index in [1.807, 2.05) is 0 Å². The Balaban J connectivity index is 1.99. The first-order valence-corrected chi connectivity index (χ1v) is 5.48. The zero-order valence-corrected chi connectivity index (χ0v) is 8.99. The highest BCUT2D eigenvalue weighted by Gasteiger charge is 2.48. The topological polar surface area (TPSA) is 88.8 Å². The Morgan fingerprint density at radius 2 is 2.12 bits per heavy atom. The van der Waals surface area contributed by atoms with Crippen LogP contribution >= 0.6 is 0 Å². The molecule has 1 fully saturated rings. The largest absolute Gasteiger partial charge is 0.475 e. The van der Waals surface area contributed by atoms with Crippen molar-refractivity contribution in [3.63, 3.8) is 0 Å². The SMILES string of the molecule is O=C(O)c1cc2c(o1)OC1(CCCC1)C(=O)N2. The van der Waals surface area contributed by atoms with Crippen LogP contribution in [0.2, 0.25) is 0 Å². The second kappa shape index (κ2) is 3.26. The Labute approximate surface area is 96.5 Å². The monoisotopic (exact) mass is 237 g/mol. The van der Waals surface area contributed by atoms with Crippen LogP contribution in [0.3, 0.4) is 0 Å². The molecule has 1 spiro atoms. The summed E-state index contributed by atoms with van der Waals surface area (Å²) in [5.41, 5.74) is -0.564. The van der Waals surface area contributed by atoms with E-state index in [9.17, 15) is 9.59 Å². The van der Waals surface area contributed by atoms with Crippen LogP contribution in [0.5, 0.6) is 5.95 Å². The molecular formula is C11H11NO5. The molecule has 0 bridgehead atoms. The van der Waals surface area contributed by atoms with E-state index in [-0.39, 0.29) is 17.6 Å². The summed E-state index contributed by atoms with van der Waals surface area (Å²) in [6.45, 7) is 0. The average molecular weight is 237 g/mol. The minimum absolute atomic E-state index is 0.101. The lowest BCUT2D eigenvalue weighted by atomic mass is 10.00. The lowest BCUT2D eigenvalue weighted by Gasteiger charge is -2.31. The number of carboxylic acids is 1. The first-order chi connectivity index (χ1) is 8.11. The van der Waals surface area contributed by atoms with Crippen molar-refractivity contribution in [2.24, 2.45) is 0 Å². The molecule has 0 atom stereocenters. The number of hydrogen-bond donors (Lipinski definition) is 2. The molecule has 0 aromatic carbocycles. The normalized spacial score (nSPS) is 20.8. The van der Waals surface area contributed by atoms with Crippen LogP contribution in [-0.4, -0.2) is 22.6 Å². The Bertz CT molecular complexity index is 498. The maximum absolute atomic E-state index is 11.9. The molecule has 0 unspecified atom stereocenters. The van der Waals surface area contributed by atoms with Gasteiger partial charge in [0.2, 0.25) is 5.76 Å². The Morgan fingerprint density at radius 3 is 2.76 bits per heavy atom. The van der Waals surface area contributed by atoms with Gasteiger partial charge in [0.05, 0.1) is 0 Å². The van der Waals surface area contributed by atoms with Crippen LogP contribution in [-0.2, 0) is 4.79 Å². The van der Waals surface area contributed by atoms with Crippen molar-refractivity contribution in [1.82, 2.24) is 0 Å². The van der Waals surface area contributed by atoms with Gasteiger partial charge in [0.25, 0.3) is 5.91 Å². The van der Waals surface area contributed by atoms with Gasteiger partial charge in [-0.25, -0.2) is 4.79 Å². The fourth-order valence-corrected chi connectivity index (χ4v) is 2.38. The summed E-state index contributed by atoms with van der Waals surface area (Å²) in [4.78, 5) is 22.7. The van der Waals surface area contributed by atoms with Gasteiger partial charge >= 0.3 is 11.9 Å². The fraction of sp³-hybridized carbons (Fsp3) is 0.455. The summed E-state index contributed by atoms with van der Waals surface area (Å²) >= 11 is 0. The number of amides is 1. The van der Waals surface area contributed by atoms with Gasteiger partial charge in [-0.15, -0.1) is 0 Å². The molecular weight excluding hydrogens is 226 g/mol. The molecule has 0 saturated heterocycles. The Kier molecular flexibility index (Phi) is 1.95. The van der Waals surface area contributed by atoms with Gasteiger partial charge in [0.15, 0.2) is 5.60 Å². The smallest absolute Gasteiger partial charge is 0.372 e. The molecule has 3 rings (SSSR count). The summed E-state index contributed by atoms with van der Waals surface area (Å²) in [6, 6.07) is 1.26. The highest BCUT2D eigenvalue weighted by atomic mass is 16.6. The van der Waals surface area contributed by atoms with Crippen molar-refractivity contribution < 1.29 is 23.8 Å². The number of carbonyl (C=O) groups excluding carboxylic acids is 1. The molecule has 1 aromatic heterocycles. The van der Waals surface area contributed by atoms with Crippen LogP contribution in [0.25, 0.3) is 0 Å². The second-order valence-corrected chi connectivity index (χ2v) is 4.37. The number of ether oxygens (including phenoxy) is 1. The highest BCUT2D eigenvalue weighted by Crippen LogP contribution is 2.43. The third-order valence-corrected chi connectivity index (χ3v) is 3.27. The van der Waals surface area contributed by atoms with Crippen molar-refractivity contribution in [2.45, 2.75) is 31.3 Å². The zero-order chi connectivity index (χ0) is 12.0. The fourth-order valence-electron chi connectivity index (χ4n) is 2.38. The van der Waals surface area contributed by atoms with E-state index in [2.05, 4.69) is 5.32 Å². The number of carboxylic acid groups (broad SMARTS) is 1. The molecule has 1 aliphatic heterocycles. The molecule has 1 aliphatic carbocycles. The Hall–Kier alpha value is -1.98. The van der Waals surface area contributed by atoms with E-state index < -0.39 is 11.6 Å². The summed E-state index contributed by atoms with van der Waals surface area (Å²) < 4.78 is 10.6. The molecule has 2 N–H and O–H groups in total. The molecule has 17 heavy (non-hydrogen) atoms. The van der Waals surface area contributed by atoms with Gasteiger partial charge in [-0.2, -0.15) is 0 Å². The van der Waals surface area contributed by atoms with Crippen molar-refractivity contribution >= 4 is 17.6 Å². The van der Waals surface area contributed by atoms with Crippen LogP contribution in [0.1, 0.15) is 36.2 Å². The van der Waals surface area contributed by atoms with Gasteiger partial charge in [0, 0.05) is 6.07 Å². The first-order valence-electron chi connectivity index (χ1n) is 5.48. The van der Waals surface area contributed by atoms with Crippen molar-refractivity contribution in [3.8, 4) is 5.95 Å². The maximum Gasteiger partial charge on any atom is 0.372 e. The summed E-state index contributed by atoms with van der Waals surface area (Å²) in [5, 5.41) is 11.4. The number of nitrogens with one attached hydrogen (secondary N) is 1. The Morgan fingerprint density at radius 1 is 1.41 bits per heavy atom. The van der Waals surface area contributed by atoms with E-state index in [1.165, 1.54) is 6.07 Å². The van der Waals surface area contributed by atoms with Crippen LogP contribution < -0.4 is 10.1 Å². The molecule has 6 heteroatoms. The number of hydrogen-bond acceptors (Lipinski definition) is 4. The molecule has 2 aliphatic rings. The van der Waals surface area contributed by atoms with Crippen molar-refractivity contribution in [3.05, 3.63) is 11.8 Å². The van der Waals surface area contributed by atoms with Gasteiger partial charge in [0.1, 0.15) is 5.69 Å². The predicted octanol–water partition coefficient (Wildman–Crippen LogP) is 1.62. The van der Waals surface area contributed by atoms with Crippen molar-refractivity contribution in [2.75, 3.05) is 5.32 Å². The third kappa shape index (κ3) is 1.40. The number of furan rings is 1. The van der Waals surface area contributed by atoms with E-state index in [0.717, 1.165) is 12.8 Å². The predicted molar refractivity (Wildman–Crippen MR) is 56.1 cm³/mol. The van der Waals surface area contributed by atoms with Crippen LogP contribution in [0.4, 0.5) is 5.69 Å². The van der Waals surface area contributed by atoms with Gasteiger partial charge in [-0.1, -0.05) is 0 Å². The quantitative estimate of drug-likeness (QED) is 0.774. The molecule has 1 saturated carbocycles. The number of carbonyl (C=O) groups is 2. The van der Waals surface area contributed by atoms with E-state index in [4.69, 9.17) is 14.3 Å². The molecule has 90 valence electrons. The summed E-state index contributed by atoms with van der Waals surface area (Å²) in [7, 11) is 0. The second-order valence-electron chi connectivity index (χ2n) is 4.37. The average Bonchev–Trinajstić information content (AvgIpc) is 2.87. The molecule has 6 nitrogen and oxygen atoms in total. The maximum atomic E-state index is 11.9. The van der Waals surface area contributed by atoms with Crippen LogP contribution in [0.15, 0.2) is 10.5 Å². The van der Waals surface area contributed by atoms with Gasteiger partial charge in [-0.3, -0.25) is 4.79 Å². The van der Waals surface area contributed by atoms with Crippen molar-refractivity contribution in [1.29, 1.82) is 0 Å². The minimum atomic E-state index is -1.18. The number of anilines is 1. The number of fused-ring (bicyclic) bond motifs is 1. The molecule has 0 radical (unpaired) electrons. The molecule has 2 heterocycles. The lowest BCUT2D eigenvalue weighted by Crippen LogP contribution is -2.48. The van der Waals surface area contributed by atoms with E-state index in [0.29, 0.717) is 18.5 Å². The van der Waals surface area contributed by atoms with Gasteiger partial charge < -0.3 is 19.6 Å².